The van der Waals surface area contributed by atoms with Gasteiger partial charge in [-0.25, -0.2) is 4.98 Å². The molecule has 0 amide bonds. The van der Waals surface area contributed by atoms with Crippen LogP contribution in [-0.2, 0) is 0 Å². The van der Waals surface area contributed by atoms with Gasteiger partial charge in [-0.1, -0.05) is 13.3 Å². The van der Waals surface area contributed by atoms with Gasteiger partial charge < -0.3 is 10.5 Å². The van der Waals surface area contributed by atoms with Crippen LogP contribution < -0.4 is 10.5 Å². The fourth-order valence-electron chi connectivity index (χ4n) is 1.27. The van der Waals surface area contributed by atoms with Gasteiger partial charge >= 0.3 is 0 Å². The lowest BCUT2D eigenvalue weighted by atomic mass is 10.3. The summed E-state index contributed by atoms with van der Waals surface area (Å²) in [6.07, 6.45) is 2.13. The molecule has 0 unspecified atom stereocenters. The number of unbranched alkanes of at least 4 members (excludes halogenated alkanes) is 1. The number of rotatable bonds is 4. The van der Waals surface area contributed by atoms with Crippen LogP contribution in [0.2, 0.25) is 0 Å². The van der Waals surface area contributed by atoms with Gasteiger partial charge in [0.25, 0.3) is 0 Å². The number of aromatic nitrogens is 2. The molecule has 5 heteroatoms. The molecule has 0 spiro atoms. The zero-order valence-electron chi connectivity index (χ0n) is 8.56. The monoisotopic (exact) mass is 223 g/mol. The summed E-state index contributed by atoms with van der Waals surface area (Å²) in [7, 11) is 0. The molecule has 0 aliphatic carbocycles. The highest BCUT2D eigenvalue weighted by atomic mass is 32.1. The number of hydrogen-bond acceptors (Lipinski definition) is 5. The SMILES string of the molecule is CCCCOc1nc(N)nc2sccc12. The topological polar surface area (TPSA) is 61.0 Å². The minimum absolute atomic E-state index is 0.274. The van der Waals surface area contributed by atoms with Crippen molar-refractivity contribution in [3.8, 4) is 5.88 Å². The van der Waals surface area contributed by atoms with Crippen molar-refractivity contribution in [3.63, 3.8) is 0 Å². The summed E-state index contributed by atoms with van der Waals surface area (Å²) in [5, 5.41) is 2.91. The Kier molecular flexibility index (Phi) is 3.01. The second-order valence-electron chi connectivity index (χ2n) is 3.23. The van der Waals surface area contributed by atoms with Crippen LogP contribution in [0.4, 0.5) is 5.95 Å². The molecule has 0 aliphatic heterocycles. The minimum Gasteiger partial charge on any atom is -0.477 e. The fourth-order valence-corrected chi connectivity index (χ4v) is 2.03. The average Bonchev–Trinajstić information content (AvgIpc) is 2.65. The first-order valence-electron chi connectivity index (χ1n) is 4.94. The van der Waals surface area contributed by atoms with Gasteiger partial charge in [-0.05, 0) is 17.9 Å². The average molecular weight is 223 g/mol. The maximum Gasteiger partial charge on any atom is 0.227 e. The van der Waals surface area contributed by atoms with Crippen LogP contribution in [-0.4, -0.2) is 16.6 Å². The molecule has 0 saturated heterocycles. The maximum atomic E-state index is 5.59. The van der Waals surface area contributed by atoms with Crippen LogP contribution in [0.3, 0.4) is 0 Å². The molecule has 0 atom stereocenters. The highest BCUT2D eigenvalue weighted by Crippen LogP contribution is 2.27. The van der Waals surface area contributed by atoms with Crippen molar-refractivity contribution in [2.24, 2.45) is 0 Å². The van der Waals surface area contributed by atoms with Crippen molar-refractivity contribution < 1.29 is 4.74 Å². The Morgan fingerprint density at radius 2 is 2.33 bits per heavy atom. The summed E-state index contributed by atoms with van der Waals surface area (Å²) >= 11 is 1.54. The first-order chi connectivity index (χ1) is 7.31. The standard InChI is InChI=1S/C10H13N3OS/c1-2-3-5-14-8-7-4-6-15-9(7)13-10(11)12-8/h4,6H,2-3,5H2,1H3,(H2,11,12,13). The van der Waals surface area contributed by atoms with Crippen LogP contribution in [0.1, 0.15) is 19.8 Å². The molecule has 2 heterocycles. The van der Waals surface area contributed by atoms with E-state index in [-0.39, 0.29) is 5.95 Å². The molecule has 2 rings (SSSR count). The number of nitrogens with zero attached hydrogens (tertiary/aromatic N) is 2. The number of nitrogen functional groups attached to an aromatic ring is 1. The van der Waals surface area contributed by atoms with E-state index >= 15 is 0 Å². The Hall–Kier alpha value is -1.36. The highest BCUT2D eigenvalue weighted by Gasteiger charge is 2.07. The molecule has 0 saturated carbocycles. The molecule has 0 fully saturated rings. The Morgan fingerprint density at radius 3 is 3.13 bits per heavy atom. The maximum absolute atomic E-state index is 5.59. The van der Waals surface area contributed by atoms with Crippen molar-refractivity contribution >= 4 is 27.5 Å². The van der Waals surface area contributed by atoms with Gasteiger partial charge in [-0.2, -0.15) is 4.98 Å². The molecule has 2 N–H and O–H groups in total. The van der Waals surface area contributed by atoms with Gasteiger partial charge in [-0.3, -0.25) is 0 Å². The zero-order chi connectivity index (χ0) is 10.7. The van der Waals surface area contributed by atoms with Gasteiger partial charge in [0, 0.05) is 0 Å². The summed E-state index contributed by atoms with van der Waals surface area (Å²) < 4.78 is 5.57. The van der Waals surface area contributed by atoms with Gasteiger partial charge in [0.15, 0.2) is 0 Å². The number of thiophene rings is 1. The third kappa shape index (κ3) is 2.18. The first kappa shape index (κ1) is 10.2. The number of ether oxygens (including phenoxy) is 1. The summed E-state index contributed by atoms with van der Waals surface area (Å²) in [4.78, 5) is 9.11. The van der Waals surface area contributed by atoms with E-state index in [1.807, 2.05) is 11.4 Å². The molecule has 0 bridgehead atoms. The quantitative estimate of drug-likeness (QED) is 0.809. The molecular formula is C10H13N3OS. The largest absolute Gasteiger partial charge is 0.477 e. The van der Waals surface area contributed by atoms with Crippen LogP contribution in [0, 0.1) is 0 Å². The summed E-state index contributed by atoms with van der Waals surface area (Å²) in [5.41, 5.74) is 5.59. The fraction of sp³-hybridized carbons (Fsp3) is 0.400. The predicted octanol–water partition coefficient (Wildman–Crippen LogP) is 2.45. The number of fused-ring (bicyclic) bond motifs is 1. The van der Waals surface area contributed by atoms with Crippen LogP contribution in [0.5, 0.6) is 5.88 Å². The van der Waals surface area contributed by atoms with Crippen molar-refractivity contribution in [3.05, 3.63) is 11.4 Å². The molecule has 2 aromatic rings. The smallest absolute Gasteiger partial charge is 0.227 e. The van der Waals surface area contributed by atoms with E-state index in [1.54, 1.807) is 11.3 Å². The lowest BCUT2D eigenvalue weighted by Crippen LogP contribution is -2.02. The van der Waals surface area contributed by atoms with Gasteiger partial charge in [0.05, 0.1) is 12.0 Å². The minimum atomic E-state index is 0.274. The number of anilines is 1. The molecule has 2 aromatic heterocycles. The highest BCUT2D eigenvalue weighted by molar-refractivity contribution is 7.16. The molecule has 80 valence electrons. The molecule has 0 radical (unpaired) electrons. The normalized spacial score (nSPS) is 10.7. The van der Waals surface area contributed by atoms with Crippen LogP contribution in [0.15, 0.2) is 11.4 Å². The Balaban J connectivity index is 2.27. The van der Waals surface area contributed by atoms with Crippen LogP contribution >= 0.6 is 11.3 Å². The summed E-state index contributed by atoms with van der Waals surface area (Å²) in [5.74, 6) is 0.878. The van der Waals surface area contributed by atoms with E-state index in [0.29, 0.717) is 12.5 Å². The van der Waals surface area contributed by atoms with Crippen molar-refractivity contribution in [1.29, 1.82) is 0 Å². The van der Waals surface area contributed by atoms with E-state index in [0.717, 1.165) is 23.1 Å². The molecule has 0 aliphatic rings. The lowest BCUT2D eigenvalue weighted by Gasteiger charge is -2.05. The van der Waals surface area contributed by atoms with E-state index in [9.17, 15) is 0 Å². The van der Waals surface area contributed by atoms with E-state index in [1.165, 1.54) is 0 Å². The molecular weight excluding hydrogens is 210 g/mol. The van der Waals surface area contributed by atoms with E-state index in [2.05, 4.69) is 16.9 Å². The lowest BCUT2D eigenvalue weighted by molar-refractivity contribution is 0.302. The summed E-state index contributed by atoms with van der Waals surface area (Å²) in [6.45, 7) is 2.80. The predicted molar refractivity (Wildman–Crippen MR) is 62.2 cm³/mol. The van der Waals surface area contributed by atoms with Crippen molar-refractivity contribution in [2.45, 2.75) is 19.8 Å². The first-order valence-corrected chi connectivity index (χ1v) is 5.82. The second kappa shape index (κ2) is 4.44. The Bertz CT molecular complexity index is 455. The Morgan fingerprint density at radius 1 is 1.47 bits per heavy atom. The zero-order valence-corrected chi connectivity index (χ0v) is 9.38. The van der Waals surface area contributed by atoms with E-state index < -0.39 is 0 Å². The molecule has 4 nitrogen and oxygen atoms in total. The number of nitrogens with two attached hydrogens (primary N) is 1. The Labute approximate surface area is 92.1 Å². The third-order valence-electron chi connectivity index (χ3n) is 2.04. The van der Waals surface area contributed by atoms with Gasteiger partial charge in [0.1, 0.15) is 4.83 Å². The molecule has 15 heavy (non-hydrogen) atoms. The third-order valence-corrected chi connectivity index (χ3v) is 2.85. The van der Waals surface area contributed by atoms with Crippen LogP contribution in [0.25, 0.3) is 10.2 Å². The van der Waals surface area contributed by atoms with E-state index in [4.69, 9.17) is 10.5 Å². The molecule has 0 aromatic carbocycles. The van der Waals surface area contributed by atoms with Gasteiger partial charge in [0.2, 0.25) is 11.8 Å². The van der Waals surface area contributed by atoms with Crippen molar-refractivity contribution in [2.75, 3.05) is 12.3 Å². The number of hydrogen-bond donors (Lipinski definition) is 1. The summed E-state index contributed by atoms with van der Waals surface area (Å²) in [6, 6.07) is 1.96. The van der Waals surface area contributed by atoms with Gasteiger partial charge in [-0.15, -0.1) is 11.3 Å². The van der Waals surface area contributed by atoms with Crippen molar-refractivity contribution in [1.82, 2.24) is 9.97 Å². The second-order valence-corrected chi connectivity index (χ2v) is 4.12.